The molecule has 0 atom stereocenters. The molecule has 0 fully saturated rings. The van der Waals surface area contributed by atoms with Gasteiger partial charge in [-0.3, -0.25) is 0 Å². The molecule has 0 aliphatic carbocycles. The Bertz CT molecular complexity index is 596. The van der Waals surface area contributed by atoms with Gasteiger partial charge in [0.2, 0.25) is 5.75 Å². The number of aromatic hydroxyl groups is 2. The van der Waals surface area contributed by atoms with Gasteiger partial charge in [0.25, 0.3) is 0 Å². The molecular formula is C11H10O4. The zero-order valence-electron chi connectivity index (χ0n) is 8.37. The molecule has 0 spiro atoms. The number of hydrogen-bond donors (Lipinski definition) is 2. The van der Waals surface area contributed by atoms with Gasteiger partial charge in [-0.25, -0.2) is 4.79 Å². The quantitative estimate of drug-likeness (QED) is 0.509. The summed E-state index contributed by atoms with van der Waals surface area (Å²) in [4.78, 5) is 11.4. The molecule has 0 saturated carbocycles. The zero-order valence-corrected chi connectivity index (χ0v) is 8.37. The van der Waals surface area contributed by atoms with Crippen LogP contribution in [0.4, 0.5) is 0 Å². The normalized spacial score (nSPS) is 10.8. The average molecular weight is 206 g/mol. The molecule has 0 aliphatic heterocycles. The first-order valence-corrected chi connectivity index (χ1v) is 4.47. The molecule has 78 valence electrons. The lowest BCUT2D eigenvalue weighted by Gasteiger charge is -2.05. The molecule has 2 rings (SSSR count). The van der Waals surface area contributed by atoms with Gasteiger partial charge in [-0.1, -0.05) is 0 Å². The van der Waals surface area contributed by atoms with E-state index in [1.165, 1.54) is 6.07 Å². The Kier molecular flexibility index (Phi) is 1.93. The number of phenolic OH excluding ortho intramolecular Hbond substituents is 2. The summed E-state index contributed by atoms with van der Waals surface area (Å²) in [6.07, 6.45) is 0. The van der Waals surface area contributed by atoms with Crippen LogP contribution >= 0.6 is 0 Å². The summed E-state index contributed by atoms with van der Waals surface area (Å²) in [5, 5.41) is 19.4. The molecule has 4 heteroatoms. The molecule has 0 bridgehead atoms. The van der Waals surface area contributed by atoms with Crippen molar-refractivity contribution >= 4 is 11.0 Å². The van der Waals surface area contributed by atoms with Gasteiger partial charge in [0.15, 0.2) is 11.3 Å². The minimum Gasteiger partial charge on any atom is -0.504 e. The van der Waals surface area contributed by atoms with Gasteiger partial charge in [0.1, 0.15) is 0 Å². The van der Waals surface area contributed by atoms with E-state index in [1.807, 2.05) is 0 Å². The average Bonchev–Trinajstić information content (AvgIpc) is 2.21. The van der Waals surface area contributed by atoms with Crippen molar-refractivity contribution in [2.75, 3.05) is 0 Å². The van der Waals surface area contributed by atoms with Gasteiger partial charge >= 0.3 is 5.63 Å². The fourth-order valence-corrected chi connectivity index (χ4v) is 1.48. The lowest BCUT2D eigenvalue weighted by atomic mass is 10.1. The van der Waals surface area contributed by atoms with E-state index in [1.54, 1.807) is 19.9 Å². The topological polar surface area (TPSA) is 70.7 Å². The maximum Gasteiger partial charge on any atom is 0.339 e. The van der Waals surface area contributed by atoms with Crippen LogP contribution in [0.15, 0.2) is 21.3 Å². The molecular weight excluding hydrogens is 196 g/mol. The monoisotopic (exact) mass is 206 g/mol. The summed E-state index contributed by atoms with van der Waals surface area (Å²) < 4.78 is 4.92. The van der Waals surface area contributed by atoms with Crippen molar-refractivity contribution < 1.29 is 14.6 Å². The molecule has 1 heterocycles. The van der Waals surface area contributed by atoms with Crippen molar-refractivity contribution in [1.29, 1.82) is 0 Å². The lowest BCUT2D eigenvalue weighted by molar-refractivity contribution is 0.397. The number of phenols is 2. The van der Waals surface area contributed by atoms with E-state index in [9.17, 15) is 15.0 Å². The predicted molar refractivity (Wildman–Crippen MR) is 55.3 cm³/mol. The van der Waals surface area contributed by atoms with Crippen LogP contribution in [0.3, 0.4) is 0 Å². The lowest BCUT2D eigenvalue weighted by Crippen LogP contribution is -2.05. The van der Waals surface area contributed by atoms with E-state index < -0.39 is 11.4 Å². The summed E-state index contributed by atoms with van der Waals surface area (Å²) >= 11 is 0. The van der Waals surface area contributed by atoms with E-state index in [2.05, 4.69) is 0 Å². The van der Waals surface area contributed by atoms with Crippen LogP contribution in [0.5, 0.6) is 11.5 Å². The van der Waals surface area contributed by atoms with E-state index in [0.717, 1.165) is 5.56 Å². The molecule has 4 nitrogen and oxygen atoms in total. The SMILES string of the molecule is Cc1c(C)c2ccc(O)c(O)c2oc1=O. The molecule has 2 aromatic rings. The van der Waals surface area contributed by atoms with Crippen LogP contribution in [0.2, 0.25) is 0 Å². The minimum atomic E-state index is -0.499. The Balaban J connectivity index is 3.05. The smallest absolute Gasteiger partial charge is 0.339 e. The standard InChI is InChI=1S/C11H10O4/c1-5-6(2)11(14)15-10-7(5)3-4-8(12)9(10)13/h3-4,12-13H,1-2H3. The van der Waals surface area contributed by atoms with Crippen molar-refractivity contribution in [3.05, 3.63) is 33.7 Å². The first-order chi connectivity index (χ1) is 7.02. The summed E-state index contributed by atoms with van der Waals surface area (Å²) in [5.74, 6) is -0.693. The highest BCUT2D eigenvalue weighted by Crippen LogP contribution is 2.34. The highest BCUT2D eigenvalue weighted by atomic mass is 16.4. The molecule has 0 radical (unpaired) electrons. The van der Waals surface area contributed by atoms with Gasteiger partial charge in [0, 0.05) is 10.9 Å². The summed E-state index contributed by atoms with van der Waals surface area (Å²) in [7, 11) is 0. The molecule has 0 unspecified atom stereocenters. The molecule has 15 heavy (non-hydrogen) atoms. The molecule has 1 aromatic carbocycles. The number of rotatable bonds is 0. The first-order valence-electron chi connectivity index (χ1n) is 4.47. The highest BCUT2D eigenvalue weighted by Gasteiger charge is 2.13. The third-order valence-electron chi connectivity index (χ3n) is 2.58. The Morgan fingerprint density at radius 1 is 1.13 bits per heavy atom. The van der Waals surface area contributed by atoms with Crippen molar-refractivity contribution in [1.82, 2.24) is 0 Å². The molecule has 0 aliphatic rings. The maximum atomic E-state index is 11.4. The summed E-state index contributed by atoms with van der Waals surface area (Å²) in [6, 6.07) is 2.97. The zero-order chi connectivity index (χ0) is 11.2. The number of aryl methyl sites for hydroxylation is 1. The van der Waals surface area contributed by atoms with Crippen molar-refractivity contribution in [3.63, 3.8) is 0 Å². The van der Waals surface area contributed by atoms with E-state index >= 15 is 0 Å². The fraction of sp³-hybridized carbons (Fsp3) is 0.182. The Morgan fingerprint density at radius 3 is 2.47 bits per heavy atom. The third-order valence-corrected chi connectivity index (χ3v) is 2.58. The maximum absolute atomic E-state index is 11.4. The van der Waals surface area contributed by atoms with Crippen molar-refractivity contribution in [3.8, 4) is 11.5 Å². The molecule has 2 N–H and O–H groups in total. The van der Waals surface area contributed by atoms with Crippen molar-refractivity contribution in [2.24, 2.45) is 0 Å². The van der Waals surface area contributed by atoms with Crippen LogP contribution in [0.1, 0.15) is 11.1 Å². The fourth-order valence-electron chi connectivity index (χ4n) is 1.48. The number of fused-ring (bicyclic) bond motifs is 1. The highest BCUT2D eigenvalue weighted by molar-refractivity contribution is 5.87. The van der Waals surface area contributed by atoms with Gasteiger partial charge in [-0.05, 0) is 31.5 Å². The van der Waals surface area contributed by atoms with Crippen LogP contribution < -0.4 is 5.63 Å². The van der Waals surface area contributed by atoms with Gasteiger partial charge in [-0.15, -0.1) is 0 Å². The van der Waals surface area contributed by atoms with E-state index in [-0.39, 0.29) is 11.3 Å². The second kappa shape index (κ2) is 3.02. The first kappa shape index (κ1) is 9.58. The number of benzene rings is 1. The summed E-state index contributed by atoms with van der Waals surface area (Å²) in [6.45, 7) is 3.43. The molecule has 0 saturated heterocycles. The second-order valence-corrected chi connectivity index (χ2v) is 3.45. The largest absolute Gasteiger partial charge is 0.504 e. The van der Waals surface area contributed by atoms with Crippen LogP contribution in [-0.4, -0.2) is 10.2 Å². The second-order valence-electron chi connectivity index (χ2n) is 3.45. The Labute approximate surface area is 85.4 Å². The third kappa shape index (κ3) is 1.26. The van der Waals surface area contributed by atoms with Crippen LogP contribution in [0.25, 0.3) is 11.0 Å². The van der Waals surface area contributed by atoms with Crippen molar-refractivity contribution in [2.45, 2.75) is 13.8 Å². The Hall–Kier alpha value is -1.97. The van der Waals surface area contributed by atoms with E-state index in [4.69, 9.17) is 4.42 Å². The summed E-state index contributed by atoms with van der Waals surface area (Å²) in [5.41, 5.74) is 0.785. The predicted octanol–water partition coefficient (Wildman–Crippen LogP) is 1.82. The molecule has 0 amide bonds. The van der Waals surface area contributed by atoms with Crippen LogP contribution in [0, 0.1) is 13.8 Å². The Morgan fingerprint density at radius 2 is 1.80 bits per heavy atom. The number of hydrogen-bond acceptors (Lipinski definition) is 4. The van der Waals surface area contributed by atoms with Crippen LogP contribution in [-0.2, 0) is 0 Å². The van der Waals surface area contributed by atoms with Gasteiger partial charge < -0.3 is 14.6 Å². The molecule has 1 aromatic heterocycles. The van der Waals surface area contributed by atoms with E-state index in [0.29, 0.717) is 10.9 Å². The van der Waals surface area contributed by atoms with Gasteiger partial charge in [0.05, 0.1) is 0 Å². The minimum absolute atomic E-state index is 0.0306. The van der Waals surface area contributed by atoms with Gasteiger partial charge in [-0.2, -0.15) is 0 Å².